The molecule has 2 N–H and O–H groups in total. The average Bonchev–Trinajstić information content (AvgIpc) is 3.36. The van der Waals surface area contributed by atoms with Crippen molar-refractivity contribution in [3.8, 4) is 22.5 Å². The summed E-state index contributed by atoms with van der Waals surface area (Å²) in [4.78, 5) is 23.7. The highest BCUT2D eigenvalue weighted by atomic mass is 35.5. The number of carbonyl (C=O) groups is 2. The van der Waals surface area contributed by atoms with Gasteiger partial charge in [0, 0.05) is 16.1 Å². The molecule has 0 aliphatic carbocycles. The Morgan fingerprint density at radius 3 is 2.32 bits per heavy atom. The van der Waals surface area contributed by atoms with Crippen molar-refractivity contribution in [2.75, 3.05) is 5.32 Å². The van der Waals surface area contributed by atoms with E-state index in [1.54, 1.807) is 19.1 Å². The van der Waals surface area contributed by atoms with Crippen molar-refractivity contribution in [1.82, 2.24) is 5.16 Å². The van der Waals surface area contributed by atoms with Crippen LogP contribution >= 0.6 is 11.6 Å². The summed E-state index contributed by atoms with van der Waals surface area (Å²) < 4.78 is 11.1. The smallest absolute Gasteiger partial charge is 0.412 e. The number of amides is 1. The van der Waals surface area contributed by atoms with Crippen LogP contribution in [0.4, 0.5) is 10.5 Å². The fraction of sp³-hybridized carbons (Fsp3) is 0.100. The number of carboxylic acid groups (broad SMARTS) is 1. The van der Waals surface area contributed by atoms with Gasteiger partial charge in [-0.2, -0.15) is 0 Å². The topological polar surface area (TPSA) is 102 Å². The van der Waals surface area contributed by atoms with Crippen molar-refractivity contribution in [2.45, 2.75) is 19.4 Å². The van der Waals surface area contributed by atoms with E-state index in [2.05, 4.69) is 10.5 Å². The third-order valence-electron chi connectivity index (χ3n) is 6.22. The number of carboxylic acids is 1. The lowest BCUT2D eigenvalue weighted by Crippen LogP contribution is -2.16. The number of anilines is 1. The molecule has 0 aliphatic heterocycles. The number of ether oxygens (including phenoxy) is 1. The lowest BCUT2D eigenvalue weighted by molar-refractivity contribution is -0.136. The number of hydrogen-bond donors (Lipinski definition) is 2. The SMILES string of the molecule is CC(OC(=O)Nc1cnoc1-c1ccc(-c2ccc(CC(=O)O)cc2)c2ccccc12)c1ccccc1Cl. The molecule has 5 rings (SSSR count). The van der Waals surface area contributed by atoms with Gasteiger partial charge in [-0.05, 0) is 46.5 Å². The van der Waals surface area contributed by atoms with Crippen LogP contribution in [0.1, 0.15) is 24.2 Å². The van der Waals surface area contributed by atoms with Crippen molar-refractivity contribution < 1.29 is 24.0 Å². The normalized spacial score (nSPS) is 11.7. The second kappa shape index (κ2) is 10.8. The second-order valence-corrected chi connectivity index (χ2v) is 9.14. The van der Waals surface area contributed by atoms with Crippen LogP contribution in [-0.4, -0.2) is 22.3 Å². The Morgan fingerprint density at radius 2 is 1.61 bits per heavy atom. The van der Waals surface area contributed by atoms with E-state index in [9.17, 15) is 9.59 Å². The van der Waals surface area contributed by atoms with E-state index in [0.29, 0.717) is 22.0 Å². The largest absolute Gasteiger partial charge is 0.481 e. The zero-order valence-corrected chi connectivity index (χ0v) is 21.1. The number of hydrogen-bond acceptors (Lipinski definition) is 5. The van der Waals surface area contributed by atoms with Crippen molar-refractivity contribution >= 4 is 40.1 Å². The van der Waals surface area contributed by atoms with E-state index >= 15 is 0 Å². The zero-order valence-electron chi connectivity index (χ0n) is 20.4. The number of benzene rings is 4. The molecular formula is C30H23ClN2O5. The summed E-state index contributed by atoms with van der Waals surface area (Å²) >= 11 is 6.23. The van der Waals surface area contributed by atoms with E-state index in [4.69, 9.17) is 26.0 Å². The highest BCUT2D eigenvalue weighted by Crippen LogP contribution is 2.38. The summed E-state index contributed by atoms with van der Waals surface area (Å²) in [6.45, 7) is 1.75. The molecule has 1 atom stereocenters. The standard InChI is InChI=1S/C30H23ClN2O5/c1-18(21-6-4-5-9-26(21)31)37-30(36)33-27-17-32-38-29(27)25-15-14-22(23-7-2-3-8-24(23)25)20-12-10-19(11-13-20)16-28(34)35/h2-15,17-18H,16H2,1H3,(H,33,36)(H,34,35). The van der Waals surface area contributed by atoms with Crippen LogP contribution in [0.2, 0.25) is 5.02 Å². The van der Waals surface area contributed by atoms with E-state index in [1.807, 2.05) is 72.8 Å². The molecular weight excluding hydrogens is 504 g/mol. The number of nitrogens with one attached hydrogen (secondary N) is 1. The van der Waals surface area contributed by atoms with Crippen LogP contribution in [-0.2, 0) is 16.0 Å². The number of carbonyl (C=O) groups excluding carboxylic acids is 1. The molecule has 0 fully saturated rings. The summed E-state index contributed by atoms with van der Waals surface area (Å²) in [6, 6.07) is 26.4. The number of aliphatic carboxylic acids is 1. The molecule has 1 amide bonds. The molecule has 1 aromatic heterocycles. The van der Waals surface area contributed by atoms with E-state index < -0.39 is 18.2 Å². The number of fused-ring (bicyclic) bond motifs is 1. The number of halogens is 1. The summed E-state index contributed by atoms with van der Waals surface area (Å²) in [7, 11) is 0. The van der Waals surface area contributed by atoms with Crippen LogP contribution in [0, 0.1) is 0 Å². The molecule has 190 valence electrons. The summed E-state index contributed by atoms with van der Waals surface area (Å²) in [5.41, 5.74) is 4.49. The molecule has 5 aromatic rings. The highest BCUT2D eigenvalue weighted by molar-refractivity contribution is 6.31. The molecule has 8 heteroatoms. The third kappa shape index (κ3) is 5.23. The van der Waals surface area contributed by atoms with Crippen molar-refractivity contribution in [2.24, 2.45) is 0 Å². The second-order valence-electron chi connectivity index (χ2n) is 8.74. The maximum Gasteiger partial charge on any atom is 0.412 e. The van der Waals surface area contributed by atoms with Gasteiger partial charge in [-0.25, -0.2) is 4.79 Å². The van der Waals surface area contributed by atoms with Crippen molar-refractivity contribution in [3.63, 3.8) is 0 Å². The maximum atomic E-state index is 12.7. The minimum atomic E-state index is -0.869. The van der Waals surface area contributed by atoms with E-state index in [-0.39, 0.29) is 6.42 Å². The average molecular weight is 527 g/mol. The minimum Gasteiger partial charge on any atom is -0.481 e. The maximum absolute atomic E-state index is 12.7. The van der Waals surface area contributed by atoms with Gasteiger partial charge in [0.1, 0.15) is 11.8 Å². The molecule has 4 aromatic carbocycles. The molecule has 7 nitrogen and oxygen atoms in total. The highest BCUT2D eigenvalue weighted by Gasteiger charge is 2.20. The molecule has 1 heterocycles. The van der Waals surface area contributed by atoms with Gasteiger partial charge in [0.05, 0.1) is 12.6 Å². The van der Waals surface area contributed by atoms with Gasteiger partial charge < -0.3 is 14.4 Å². The lowest BCUT2D eigenvalue weighted by atomic mass is 9.93. The molecule has 0 spiro atoms. The van der Waals surface area contributed by atoms with Crippen LogP contribution < -0.4 is 5.32 Å². The van der Waals surface area contributed by atoms with Crippen LogP contribution in [0.5, 0.6) is 0 Å². The van der Waals surface area contributed by atoms with E-state index in [0.717, 1.165) is 33.0 Å². The Balaban J connectivity index is 1.43. The molecule has 38 heavy (non-hydrogen) atoms. The van der Waals surface area contributed by atoms with Crippen LogP contribution in [0.15, 0.2) is 95.6 Å². The predicted octanol–water partition coefficient (Wildman–Crippen LogP) is 7.75. The summed E-state index contributed by atoms with van der Waals surface area (Å²) in [5.74, 6) is -0.474. The minimum absolute atomic E-state index is 0.0269. The first kappa shape index (κ1) is 25.0. The molecule has 0 saturated heterocycles. The Bertz CT molecular complexity index is 1630. The van der Waals surface area contributed by atoms with Gasteiger partial charge in [-0.3, -0.25) is 10.1 Å². The third-order valence-corrected chi connectivity index (χ3v) is 6.57. The predicted molar refractivity (Wildman–Crippen MR) is 146 cm³/mol. The zero-order chi connectivity index (χ0) is 26.6. The molecule has 0 radical (unpaired) electrons. The first-order valence-electron chi connectivity index (χ1n) is 11.9. The number of aromatic nitrogens is 1. The molecule has 0 aliphatic rings. The van der Waals surface area contributed by atoms with Crippen molar-refractivity contribution in [3.05, 3.63) is 107 Å². The van der Waals surface area contributed by atoms with Gasteiger partial charge in [-0.15, -0.1) is 0 Å². The van der Waals surface area contributed by atoms with Crippen LogP contribution in [0.3, 0.4) is 0 Å². The fourth-order valence-electron chi connectivity index (χ4n) is 4.42. The van der Waals surface area contributed by atoms with Crippen LogP contribution in [0.25, 0.3) is 33.2 Å². The number of rotatable bonds is 7. The first-order valence-corrected chi connectivity index (χ1v) is 12.3. The first-order chi connectivity index (χ1) is 18.4. The molecule has 0 bridgehead atoms. The summed E-state index contributed by atoms with van der Waals surface area (Å²) in [5, 5.41) is 18.1. The molecule has 1 unspecified atom stereocenters. The van der Waals surface area contributed by atoms with Gasteiger partial charge in [-0.1, -0.05) is 89.6 Å². The van der Waals surface area contributed by atoms with Crippen molar-refractivity contribution in [1.29, 1.82) is 0 Å². The number of nitrogens with zero attached hydrogens (tertiary/aromatic N) is 1. The van der Waals surface area contributed by atoms with Gasteiger partial charge in [0.15, 0.2) is 5.76 Å². The monoisotopic (exact) mass is 526 g/mol. The Labute approximate surface area is 223 Å². The Morgan fingerprint density at radius 1 is 0.947 bits per heavy atom. The quantitative estimate of drug-likeness (QED) is 0.225. The molecule has 0 saturated carbocycles. The van der Waals surface area contributed by atoms with Gasteiger partial charge in [0.2, 0.25) is 0 Å². The Hall–Kier alpha value is -4.62. The van der Waals surface area contributed by atoms with Gasteiger partial charge >= 0.3 is 12.1 Å². The fourth-order valence-corrected chi connectivity index (χ4v) is 4.71. The lowest BCUT2D eigenvalue weighted by Gasteiger charge is -2.15. The van der Waals surface area contributed by atoms with E-state index in [1.165, 1.54) is 6.20 Å². The van der Waals surface area contributed by atoms with Gasteiger partial charge in [0.25, 0.3) is 0 Å². The summed E-state index contributed by atoms with van der Waals surface area (Å²) in [6.07, 6.45) is 0.180. The Kier molecular flexibility index (Phi) is 7.11.